The highest BCUT2D eigenvalue weighted by Crippen LogP contribution is 2.33. The Morgan fingerprint density at radius 2 is 1.11 bits per heavy atom. The van der Waals surface area contributed by atoms with E-state index >= 15 is 0 Å². The molecule has 0 saturated carbocycles. The Balaban J connectivity index is 1.29. The van der Waals surface area contributed by atoms with Gasteiger partial charge in [-0.3, -0.25) is 24.5 Å². The number of fused-ring (bicyclic) bond motifs is 2. The van der Waals surface area contributed by atoms with Gasteiger partial charge in [0.05, 0.1) is 27.9 Å². The van der Waals surface area contributed by atoms with Gasteiger partial charge in [0.25, 0.3) is 23.6 Å². The number of anilines is 1. The molecule has 0 atom stereocenters. The number of rotatable bonds is 4. The van der Waals surface area contributed by atoms with Crippen LogP contribution >= 0.6 is 0 Å². The smallest absolute Gasteiger partial charge is 0.266 e. The topological polar surface area (TPSA) is 83.6 Å². The molecule has 6 nitrogen and oxygen atoms in total. The summed E-state index contributed by atoms with van der Waals surface area (Å²) in [4.78, 5) is 51.4. The number of nitrogens with zero attached hydrogens (tertiary/aromatic N) is 1. The molecule has 1 N–H and O–H groups in total. The maximum atomic E-state index is 13.2. The summed E-state index contributed by atoms with van der Waals surface area (Å²) >= 11 is 0. The van der Waals surface area contributed by atoms with E-state index in [-0.39, 0.29) is 5.91 Å². The van der Waals surface area contributed by atoms with Gasteiger partial charge < -0.3 is 0 Å². The first-order valence-corrected chi connectivity index (χ1v) is 11.2. The van der Waals surface area contributed by atoms with Crippen molar-refractivity contribution in [2.45, 2.75) is 6.42 Å². The fourth-order valence-corrected chi connectivity index (χ4v) is 4.60. The fourth-order valence-electron chi connectivity index (χ4n) is 4.60. The third-order valence-electron chi connectivity index (χ3n) is 6.40. The van der Waals surface area contributed by atoms with Crippen LogP contribution in [0.15, 0.2) is 91.0 Å². The number of imide groups is 2. The lowest BCUT2D eigenvalue weighted by atomic mass is 9.97. The van der Waals surface area contributed by atoms with Crippen molar-refractivity contribution in [3.05, 3.63) is 124 Å². The standard InChI is InChI=1S/C29H18N2O4/c32-26-22-12-8-19(15-24(22)27(33)30-26)20-9-13-23-25(16-20)29(35)31(28(23)34)21-10-6-18(7-11-21)14-17-4-2-1-3-5-17/h1-13,15-16H,14H2,(H,30,32,33). The molecule has 0 spiro atoms. The van der Waals surface area contributed by atoms with E-state index < -0.39 is 17.7 Å². The molecule has 0 unspecified atom stereocenters. The van der Waals surface area contributed by atoms with Crippen molar-refractivity contribution in [2.24, 2.45) is 0 Å². The minimum atomic E-state index is -0.443. The van der Waals surface area contributed by atoms with E-state index in [0.717, 1.165) is 12.0 Å². The maximum Gasteiger partial charge on any atom is 0.266 e. The number of hydrogen-bond donors (Lipinski definition) is 1. The Morgan fingerprint density at radius 3 is 1.83 bits per heavy atom. The van der Waals surface area contributed by atoms with Crippen molar-refractivity contribution in [3.8, 4) is 11.1 Å². The van der Waals surface area contributed by atoms with Gasteiger partial charge in [0.1, 0.15) is 0 Å². The zero-order valence-corrected chi connectivity index (χ0v) is 18.4. The molecule has 35 heavy (non-hydrogen) atoms. The van der Waals surface area contributed by atoms with Crippen LogP contribution in [-0.2, 0) is 6.42 Å². The third-order valence-corrected chi connectivity index (χ3v) is 6.40. The van der Waals surface area contributed by atoms with Gasteiger partial charge >= 0.3 is 0 Å². The molecule has 0 aromatic heterocycles. The first-order chi connectivity index (χ1) is 17.0. The second-order valence-electron chi connectivity index (χ2n) is 8.58. The lowest BCUT2D eigenvalue weighted by molar-refractivity contribution is 0.0874. The monoisotopic (exact) mass is 458 g/mol. The summed E-state index contributed by atoms with van der Waals surface area (Å²) in [5.74, 6) is -1.62. The van der Waals surface area contributed by atoms with E-state index in [4.69, 9.17) is 0 Å². The molecule has 4 amide bonds. The minimum absolute atomic E-state index is 0.299. The zero-order valence-electron chi connectivity index (χ0n) is 18.4. The molecule has 0 aliphatic carbocycles. The molecule has 6 rings (SSSR count). The van der Waals surface area contributed by atoms with Gasteiger partial charge in [0, 0.05) is 0 Å². The Morgan fingerprint density at radius 1 is 0.543 bits per heavy atom. The first-order valence-electron chi connectivity index (χ1n) is 11.2. The summed E-state index contributed by atoms with van der Waals surface area (Å²) in [7, 11) is 0. The van der Waals surface area contributed by atoms with Crippen LogP contribution < -0.4 is 10.2 Å². The van der Waals surface area contributed by atoms with Gasteiger partial charge in [0.15, 0.2) is 0 Å². The van der Waals surface area contributed by atoms with Gasteiger partial charge in [-0.25, -0.2) is 4.90 Å². The number of carbonyl (C=O) groups is 4. The molecule has 6 heteroatoms. The average molecular weight is 458 g/mol. The summed E-state index contributed by atoms with van der Waals surface area (Å²) in [6, 6.07) is 27.5. The molecule has 0 saturated heterocycles. The van der Waals surface area contributed by atoms with Gasteiger partial charge in [-0.2, -0.15) is 0 Å². The number of carbonyl (C=O) groups excluding carboxylic acids is 4. The highest BCUT2D eigenvalue weighted by Gasteiger charge is 2.37. The molecule has 2 aliphatic rings. The van der Waals surface area contributed by atoms with Crippen LogP contribution in [0, 0.1) is 0 Å². The highest BCUT2D eigenvalue weighted by atomic mass is 16.2. The molecule has 0 bridgehead atoms. The van der Waals surface area contributed by atoms with Gasteiger partial charge in [-0.1, -0.05) is 54.6 Å². The predicted molar refractivity (Wildman–Crippen MR) is 131 cm³/mol. The van der Waals surface area contributed by atoms with E-state index in [0.29, 0.717) is 39.1 Å². The van der Waals surface area contributed by atoms with Crippen LogP contribution in [0.2, 0.25) is 0 Å². The number of benzene rings is 4. The fraction of sp³-hybridized carbons (Fsp3) is 0.0345. The van der Waals surface area contributed by atoms with Gasteiger partial charge in [-0.15, -0.1) is 0 Å². The second kappa shape index (κ2) is 7.88. The molecular weight excluding hydrogens is 440 g/mol. The second-order valence-corrected chi connectivity index (χ2v) is 8.58. The quantitative estimate of drug-likeness (QED) is 0.452. The SMILES string of the molecule is O=C1NC(=O)c2cc(-c3ccc4c(c3)C(=O)N(c3ccc(Cc5ccccc5)cc3)C4=O)ccc21. The van der Waals surface area contributed by atoms with Crippen molar-refractivity contribution >= 4 is 29.3 Å². The van der Waals surface area contributed by atoms with Crippen molar-refractivity contribution in [1.29, 1.82) is 0 Å². The number of nitrogens with one attached hydrogen (secondary N) is 1. The number of amides is 4. The van der Waals surface area contributed by atoms with Gasteiger partial charge in [0.2, 0.25) is 0 Å². The number of hydrogen-bond acceptors (Lipinski definition) is 4. The Bertz CT molecular complexity index is 1560. The van der Waals surface area contributed by atoms with E-state index in [1.165, 1.54) is 10.5 Å². The molecule has 4 aromatic carbocycles. The lowest BCUT2D eigenvalue weighted by Crippen LogP contribution is -2.29. The molecular formula is C29H18N2O4. The molecule has 2 heterocycles. The Labute approximate surface area is 200 Å². The van der Waals surface area contributed by atoms with Gasteiger partial charge in [-0.05, 0) is 65.1 Å². The first kappa shape index (κ1) is 20.7. The lowest BCUT2D eigenvalue weighted by Gasteiger charge is -2.14. The summed E-state index contributed by atoms with van der Waals surface area (Å²) in [6.45, 7) is 0. The molecule has 168 valence electrons. The largest absolute Gasteiger partial charge is 0.288 e. The Hall–Kier alpha value is -4.84. The van der Waals surface area contributed by atoms with Crippen molar-refractivity contribution in [3.63, 3.8) is 0 Å². The zero-order chi connectivity index (χ0) is 24.1. The highest BCUT2D eigenvalue weighted by molar-refractivity contribution is 6.34. The molecule has 4 aromatic rings. The van der Waals surface area contributed by atoms with E-state index in [1.54, 1.807) is 48.5 Å². The van der Waals surface area contributed by atoms with E-state index in [2.05, 4.69) is 17.4 Å². The van der Waals surface area contributed by atoms with E-state index in [9.17, 15) is 19.2 Å². The summed E-state index contributed by atoms with van der Waals surface area (Å²) in [6.07, 6.45) is 0.761. The average Bonchev–Trinajstić information content (AvgIpc) is 3.31. The van der Waals surface area contributed by atoms with Crippen molar-refractivity contribution in [1.82, 2.24) is 5.32 Å². The predicted octanol–water partition coefficient (Wildman–Crippen LogP) is 4.63. The van der Waals surface area contributed by atoms with Crippen LogP contribution in [0.5, 0.6) is 0 Å². The normalized spacial score (nSPS) is 14.2. The third kappa shape index (κ3) is 3.43. The van der Waals surface area contributed by atoms with Crippen LogP contribution in [0.25, 0.3) is 11.1 Å². The van der Waals surface area contributed by atoms with Crippen LogP contribution in [0.1, 0.15) is 52.6 Å². The molecule has 0 fully saturated rings. The summed E-state index contributed by atoms with van der Waals surface area (Å²) < 4.78 is 0. The Kier molecular flexibility index (Phi) is 4.67. The summed E-state index contributed by atoms with van der Waals surface area (Å²) in [5.41, 5.74) is 5.41. The van der Waals surface area contributed by atoms with Crippen molar-refractivity contribution < 1.29 is 19.2 Å². The van der Waals surface area contributed by atoms with Crippen LogP contribution in [0.4, 0.5) is 5.69 Å². The molecule has 0 radical (unpaired) electrons. The summed E-state index contributed by atoms with van der Waals surface area (Å²) in [5, 5.41) is 2.27. The van der Waals surface area contributed by atoms with Crippen molar-refractivity contribution in [2.75, 3.05) is 4.90 Å². The van der Waals surface area contributed by atoms with E-state index in [1.807, 2.05) is 30.3 Å². The maximum absolute atomic E-state index is 13.2. The van der Waals surface area contributed by atoms with Crippen LogP contribution in [-0.4, -0.2) is 23.6 Å². The van der Waals surface area contributed by atoms with Crippen LogP contribution in [0.3, 0.4) is 0 Å². The molecule has 2 aliphatic heterocycles. The minimum Gasteiger partial charge on any atom is -0.288 e.